The zero-order valence-electron chi connectivity index (χ0n) is 14.5. The molecule has 0 atom stereocenters. The van der Waals surface area contributed by atoms with Crippen LogP contribution in [0.25, 0.3) is 6.08 Å². The lowest BCUT2D eigenvalue weighted by atomic mass is 9.69. The maximum Gasteiger partial charge on any atom is 0.0654 e. The van der Waals surface area contributed by atoms with E-state index in [9.17, 15) is 0 Å². The molecule has 2 N–H and O–H groups in total. The van der Waals surface area contributed by atoms with E-state index in [0.29, 0.717) is 19.3 Å². The fraction of sp³-hybridized carbons (Fsp3) is 0.364. The molecule has 1 aliphatic rings. The van der Waals surface area contributed by atoms with E-state index >= 15 is 0 Å². The van der Waals surface area contributed by atoms with Crippen molar-refractivity contribution in [2.24, 2.45) is 5.73 Å². The van der Waals surface area contributed by atoms with E-state index in [1.54, 1.807) is 0 Å². The van der Waals surface area contributed by atoms with E-state index < -0.39 is 0 Å². The quantitative estimate of drug-likeness (QED) is 0.772. The number of halogens is 1. The summed E-state index contributed by atoms with van der Waals surface area (Å²) in [6.45, 7) is 1.34. The lowest BCUT2D eigenvalue weighted by Gasteiger charge is -2.39. The Hall–Kier alpha value is -1.61. The smallest absolute Gasteiger partial charge is 0.0654 e. The molecule has 0 heterocycles. The molecule has 0 aromatic heterocycles. The Bertz CT molecular complexity index is 673. The second kappa shape index (κ2) is 8.66. The highest BCUT2D eigenvalue weighted by Crippen LogP contribution is 2.39. The Morgan fingerprint density at radius 2 is 1.72 bits per heavy atom. The van der Waals surface area contributed by atoms with Gasteiger partial charge in [-0.25, -0.2) is 0 Å². The molecular weight excluding hydrogens is 330 g/mol. The fourth-order valence-corrected chi connectivity index (χ4v) is 3.79. The fourth-order valence-electron chi connectivity index (χ4n) is 3.66. The van der Waals surface area contributed by atoms with Gasteiger partial charge in [-0.3, -0.25) is 0 Å². The second-order valence-corrected chi connectivity index (χ2v) is 7.27. The van der Waals surface area contributed by atoms with E-state index in [4.69, 9.17) is 22.1 Å². The summed E-state index contributed by atoms with van der Waals surface area (Å²) in [5.41, 5.74) is 8.74. The van der Waals surface area contributed by atoms with E-state index in [2.05, 4.69) is 36.4 Å². The highest BCUT2D eigenvalue weighted by Gasteiger charge is 2.35. The number of hydrogen-bond acceptors (Lipinski definition) is 2. The minimum atomic E-state index is 0.0737. The van der Waals surface area contributed by atoms with Crippen molar-refractivity contribution in [1.29, 1.82) is 0 Å². The average Bonchev–Trinajstić information content (AvgIpc) is 2.67. The molecule has 1 saturated carbocycles. The molecule has 2 nitrogen and oxygen atoms in total. The third kappa shape index (κ3) is 4.72. The van der Waals surface area contributed by atoms with Gasteiger partial charge in [0.15, 0.2) is 0 Å². The Morgan fingerprint density at radius 3 is 2.36 bits per heavy atom. The predicted molar refractivity (Wildman–Crippen MR) is 106 cm³/mol. The molecule has 3 heteroatoms. The highest BCUT2D eigenvalue weighted by atomic mass is 35.5. The zero-order chi connectivity index (χ0) is 17.5. The van der Waals surface area contributed by atoms with Crippen LogP contribution in [0.15, 0.2) is 60.7 Å². The molecular formula is C22H26ClNO. The van der Waals surface area contributed by atoms with Gasteiger partial charge in [0.05, 0.1) is 12.7 Å². The van der Waals surface area contributed by atoms with Gasteiger partial charge in [-0.2, -0.15) is 0 Å². The Morgan fingerprint density at radius 1 is 1.04 bits per heavy atom. The maximum absolute atomic E-state index is 6.15. The molecule has 25 heavy (non-hydrogen) atoms. The van der Waals surface area contributed by atoms with Crippen LogP contribution >= 0.6 is 11.6 Å². The predicted octanol–water partition coefficient (Wildman–Crippen LogP) is 5.21. The molecule has 1 fully saturated rings. The lowest BCUT2D eigenvalue weighted by Crippen LogP contribution is -2.40. The largest absolute Gasteiger partial charge is 0.374 e. The van der Waals surface area contributed by atoms with Gasteiger partial charge in [0.2, 0.25) is 0 Å². The summed E-state index contributed by atoms with van der Waals surface area (Å²) in [4.78, 5) is 0. The number of rotatable bonds is 6. The van der Waals surface area contributed by atoms with Crippen molar-refractivity contribution in [2.75, 3.05) is 13.2 Å². The van der Waals surface area contributed by atoms with Gasteiger partial charge in [-0.1, -0.05) is 66.2 Å². The van der Waals surface area contributed by atoms with Crippen LogP contribution in [-0.4, -0.2) is 19.3 Å². The van der Waals surface area contributed by atoms with Crippen LogP contribution in [0.5, 0.6) is 0 Å². The average molecular weight is 356 g/mol. The monoisotopic (exact) mass is 355 g/mol. The van der Waals surface area contributed by atoms with Crippen molar-refractivity contribution in [3.8, 4) is 0 Å². The van der Waals surface area contributed by atoms with Crippen LogP contribution in [0.4, 0.5) is 0 Å². The molecule has 0 radical (unpaired) electrons. The second-order valence-electron chi connectivity index (χ2n) is 6.84. The molecule has 2 aromatic carbocycles. The third-order valence-electron chi connectivity index (χ3n) is 5.28. The first-order chi connectivity index (χ1) is 12.2. The van der Waals surface area contributed by atoms with Crippen molar-refractivity contribution in [2.45, 2.75) is 37.2 Å². The molecule has 0 unspecified atom stereocenters. The summed E-state index contributed by atoms with van der Waals surface area (Å²) < 4.78 is 6.05. The minimum absolute atomic E-state index is 0.0737. The summed E-state index contributed by atoms with van der Waals surface area (Å²) in [5, 5.41) is 0.776. The Kier molecular flexibility index (Phi) is 6.30. The van der Waals surface area contributed by atoms with Crippen LogP contribution in [-0.2, 0) is 10.2 Å². The van der Waals surface area contributed by atoms with Gasteiger partial charge < -0.3 is 10.5 Å². The summed E-state index contributed by atoms with van der Waals surface area (Å²) in [7, 11) is 0. The van der Waals surface area contributed by atoms with Crippen molar-refractivity contribution < 1.29 is 4.74 Å². The maximum atomic E-state index is 6.15. The summed E-state index contributed by atoms with van der Waals surface area (Å²) in [6, 6.07) is 18.5. The number of nitrogens with two attached hydrogens (primary N) is 1. The van der Waals surface area contributed by atoms with E-state index in [0.717, 1.165) is 30.7 Å². The molecule has 2 aromatic rings. The van der Waals surface area contributed by atoms with Gasteiger partial charge in [0.25, 0.3) is 0 Å². The van der Waals surface area contributed by atoms with Gasteiger partial charge >= 0.3 is 0 Å². The van der Waals surface area contributed by atoms with Crippen LogP contribution in [0.3, 0.4) is 0 Å². The topological polar surface area (TPSA) is 35.2 Å². The first-order valence-corrected chi connectivity index (χ1v) is 9.39. The summed E-state index contributed by atoms with van der Waals surface area (Å²) in [6.07, 6.45) is 8.78. The number of benzene rings is 2. The first-order valence-electron chi connectivity index (χ1n) is 9.01. The van der Waals surface area contributed by atoms with E-state index in [-0.39, 0.29) is 5.41 Å². The molecule has 0 spiro atoms. The van der Waals surface area contributed by atoms with Gasteiger partial charge in [-0.15, -0.1) is 0 Å². The summed E-state index contributed by atoms with van der Waals surface area (Å²) in [5.74, 6) is 0. The van der Waals surface area contributed by atoms with Gasteiger partial charge in [-0.05, 0) is 48.9 Å². The molecule has 0 saturated heterocycles. The molecule has 0 amide bonds. The number of ether oxygens (including phenoxy) is 1. The number of hydrogen-bond donors (Lipinski definition) is 1. The van der Waals surface area contributed by atoms with Crippen LogP contribution in [0, 0.1) is 0 Å². The van der Waals surface area contributed by atoms with Crippen LogP contribution < -0.4 is 5.73 Å². The first kappa shape index (κ1) is 18.2. The van der Waals surface area contributed by atoms with Crippen molar-refractivity contribution in [3.05, 3.63) is 76.8 Å². The van der Waals surface area contributed by atoms with E-state index in [1.807, 2.05) is 30.3 Å². The van der Waals surface area contributed by atoms with Crippen LogP contribution in [0.1, 0.15) is 36.8 Å². The molecule has 3 rings (SSSR count). The molecule has 132 valence electrons. The lowest BCUT2D eigenvalue weighted by molar-refractivity contribution is 0.0290. The van der Waals surface area contributed by atoms with E-state index in [1.165, 1.54) is 11.1 Å². The molecule has 0 aliphatic heterocycles. The van der Waals surface area contributed by atoms with Gasteiger partial charge in [0, 0.05) is 17.0 Å². The highest BCUT2D eigenvalue weighted by molar-refractivity contribution is 6.30. The molecule has 1 aliphatic carbocycles. The third-order valence-corrected chi connectivity index (χ3v) is 5.53. The SMILES string of the molecule is NC[C@]1(c2ccc(Cl)cc2)CC[C@H](OC/C=C/c2ccccc2)CC1. The van der Waals surface area contributed by atoms with Crippen molar-refractivity contribution in [1.82, 2.24) is 0 Å². The van der Waals surface area contributed by atoms with Crippen molar-refractivity contribution in [3.63, 3.8) is 0 Å². The zero-order valence-corrected chi connectivity index (χ0v) is 15.3. The van der Waals surface area contributed by atoms with Crippen LogP contribution in [0.2, 0.25) is 5.02 Å². The normalized spacial score (nSPS) is 23.8. The standard InChI is InChI=1S/C22H26ClNO/c23-20-10-8-19(9-11-20)22(17-24)14-12-21(13-15-22)25-16-4-7-18-5-2-1-3-6-18/h1-11,21H,12-17,24H2/b7-4+/t21-,22-. The van der Waals surface area contributed by atoms with Gasteiger partial charge in [0.1, 0.15) is 0 Å². The van der Waals surface area contributed by atoms with Crippen molar-refractivity contribution >= 4 is 17.7 Å². The Labute approximate surface area is 155 Å². The Balaban J connectivity index is 1.50. The summed E-state index contributed by atoms with van der Waals surface area (Å²) >= 11 is 6.02. The molecule has 0 bridgehead atoms. The minimum Gasteiger partial charge on any atom is -0.374 e.